The predicted molar refractivity (Wildman–Crippen MR) is 107 cm³/mol. The Morgan fingerprint density at radius 3 is 2.53 bits per heavy atom. The molecule has 0 bridgehead atoms. The average molecular weight is 414 g/mol. The Hall–Kier alpha value is -3.93. The summed E-state index contributed by atoms with van der Waals surface area (Å²) in [7, 11) is 0. The molecule has 6 N–H and O–H groups in total. The third kappa shape index (κ3) is 4.38. The molecule has 158 valence electrons. The van der Waals surface area contributed by atoms with Crippen LogP contribution in [0, 0.1) is 0 Å². The molecule has 0 spiro atoms. The second-order valence-corrected chi connectivity index (χ2v) is 6.51. The van der Waals surface area contributed by atoms with Gasteiger partial charge in [-0.1, -0.05) is 11.8 Å². The molecular weight excluding hydrogens is 390 g/mol. The highest BCUT2D eigenvalue weighted by Gasteiger charge is 2.26. The van der Waals surface area contributed by atoms with E-state index < -0.39 is 5.91 Å². The molecule has 0 aliphatic rings. The lowest BCUT2D eigenvalue weighted by Gasteiger charge is -2.16. The van der Waals surface area contributed by atoms with Gasteiger partial charge in [0, 0.05) is 0 Å². The van der Waals surface area contributed by atoms with Crippen LogP contribution in [-0.2, 0) is 6.54 Å². The third-order valence-corrected chi connectivity index (χ3v) is 4.63. The Labute approximate surface area is 172 Å². The van der Waals surface area contributed by atoms with Gasteiger partial charge in [0.2, 0.25) is 11.6 Å². The molecule has 0 saturated carbocycles. The van der Waals surface area contributed by atoms with Crippen LogP contribution in [0.5, 0.6) is 5.75 Å². The molecule has 3 aromatic rings. The Morgan fingerprint density at radius 2 is 1.93 bits per heavy atom. The lowest BCUT2D eigenvalue weighted by molar-refractivity contribution is -0.910. The number of rotatable bonds is 9. The van der Waals surface area contributed by atoms with Crippen molar-refractivity contribution in [3.8, 4) is 11.6 Å². The van der Waals surface area contributed by atoms with Gasteiger partial charge in [-0.05, 0) is 54.0 Å². The summed E-state index contributed by atoms with van der Waals surface area (Å²) in [5.74, 6) is -0.152. The first-order valence-electron chi connectivity index (χ1n) is 9.35. The topological polar surface area (TPSA) is 161 Å². The van der Waals surface area contributed by atoms with Crippen molar-refractivity contribution in [1.29, 1.82) is 0 Å². The standard InChI is InChI=1S/C18H23N9O3/c1-4-26(5-2)10-14-15(21-25-27(14)17-16(19)23-30-24-17)18(29)22-20-11(3)12-6-8-13(28)9-7-12/h6-9,20,28H,3-5,10H2,1-2H3,(H2,19,23)(H,22,29)/p+1. The fourth-order valence-electron chi connectivity index (χ4n) is 2.81. The van der Waals surface area contributed by atoms with Crippen molar-refractivity contribution in [2.45, 2.75) is 20.4 Å². The molecule has 0 unspecified atom stereocenters. The number of phenols is 1. The minimum atomic E-state index is -0.502. The van der Waals surface area contributed by atoms with Gasteiger partial charge in [0.15, 0.2) is 5.69 Å². The second-order valence-electron chi connectivity index (χ2n) is 6.51. The number of hydrogen-bond acceptors (Lipinski definition) is 9. The van der Waals surface area contributed by atoms with Crippen LogP contribution in [0.25, 0.3) is 11.5 Å². The highest BCUT2D eigenvalue weighted by molar-refractivity contribution is 5.93. The first kappa shape index (κ1) is 20.8. The minimum absolute atomic E-state index is 0.0430. The Bertz CT molecular complexity index is 1020. The van der Waals surface area contributed by atoms with Crippen molar-refractivity contribution in [3.63, 3.8) is 0 Å². The van der Waals surface area contributed by atoms with E-state index in [1.807, 2.05) is 13.8 Å². The van der Waals surface area contributed by atoms with Gasteiger partial charge in [-0.15, -0.1) is 5.10 Å². The predicted octanol–water partition coefficient (Wildman–Crippen LogP) is -0.732. The number of nitrogens with one attached hydrogen (secondary N) is 3. The van der Waals surface area contributed by atoms with Gasteiger partial charge < -0.3 is 15.7 Å². The van der Waals surface area contributed by atoms with E-state index in [9.17, 15) is 9.90 Å². The summed E-state index contributed by atoms with van der Waals surface area (Å²) in [6, 6.07) is 6.39. The summed E-state index contributed by atoms with van der Waals surface area (Å²) in [6.45, 7) is 10.1. The number of anilines is 1. The number of benzene rings is 1. The minimum Gasteiger partial charge on any atom is -0.508 e. The van der Waals surface area contributed by atoms with Crippen LogP contribution in [0.15, 0.2) is 35.5 Å². The summed E-state index contributed by atoms with van der Waals surface area (Å²) >= 11 is 0. The summed E-state index contributed by atoms with van der Waals surface area (Å²) in [5.41, 5.74) is 12.9. The maximum absolute atomic E-state index is 12.8. The molecule has 0 saturated heterocycles. The van der Waals surface area contributed by atoms with Crippen LogP contribution >= 0.6 is 0 Å². The van der Waals surface area contributed by atoms with E-state index in [2.05, 4.69) is 42.7 Å². The van der Waals surface area contributed by atoms with E-state index in [4.69, 9.17) is 5.73 Å². The smallest absolute Gasteiger partial charge is 0.292 e. The number of nitrogen functional groups attached to an aromatic ring is 1. The molecule has 2 aromatic heterocycles. The second kappa shape index (κ2) is 9.05. The molecule has 0 aliphatic carbocycles. The fourth-order valence-corrected chi connectivity index (χ4v) is 2.81. The van der Waals surface area contributed by atoms with Gasteiger partial charge in [-0.3, -0.25) is 15.6 Å². The summed E-state index contributed by atoms with van der Waals surface area (Å²) in [6.07, 6.45) is 0. The summed E-state index contributed by atoms with van der Waals surface area (Å²) in [4.78, 5) is 14.0. The van der Waals surface area contributed by atoms with Crippen LogP contribution < -0.4 is 21.5 Å². The molecular formula is C18H24N9O3+. The molecule has 12 heteroatoms. The molecule has 2 heterocycles. The van der Waals surface area contributed by atoms with E-state index in [1.165, 1.54) is 21.7 Å². The van der Waals surface area contributed by atoms with Crippen LogP contribution in [0.1, 0.15) is 35.6 Å². The molecule has 30 heavy (non-hydrogen) atoms. The number of hydrazine groups is 1. The van der Waals surface area contributed by atoms with Gasteiger partial charge in [-0.2, -0.15) is 4.68 Å². The van der Waals surface area contributed by atoms with E-state index in [1.54, 1.807) is 12.1 Å². The van der Waals surface area contributed by atoms with E-state index in [0.717, 1.165) is 13.1 Å². The molecule has 0 fully saturated rings. The first-order valence-corrected chi connectivity index (χ1v) is 9.35. The Morgan fingerprint density at radius 1 is 1.23 bits per heavy atom. The fraction of sp³-hybridized carbons (Fsp3) is 0.278. The normalized spacial score (nSPS) is 10.9. The summed E-state index contributed by atoms with van der Waals surface area (Å²) < 4.78 is 6.02. The number of hydrogen-bond donors (Lipinski definition) is 5. The lowest BCUT2D eigenvalue weighted by Crippen LogP contribution is -3.10. The van der Waals surface area contributed by atoms with Gasteiger partial charge in [0.25, 0.3) is 5.91 Å². The van der Waals surface area contributed by atoms with Gasteiger partial charge >= 0.3 is 0 Å². The molecule has 1 aromatic carbocycles. The molecule has 0 atom stereocenters. The molecule has 1 amide bonds. The Balaban J connectivity index is 1.82. The van der Waals surface area contributed by atoms with Crippen molar-refractivity contribution in [2.75, 3.05) is 18.8 Å². The van der Waals surface area contributed by atoms with Crippen molar-refractivity contribution >= 4 is 17.4 Å². The highest BCUT2D eigenvalue weighted by Crippen LogP contribution is 2.16. The number of quaternary nitrogens is 1. The lowest BCUT2D eigenvalue weighted by atomic mass is 10.2. The SMILES string of the molecule is C=C(NNC(=O)c1nnn(-c2nonc2N)c1C[NH+](CC)CC)c1ccc(O)cc1. The van der Waals surface area contributed by atoms with Crippen molar-refractivity contribution < 1.29 is 19.4 Å². The van der Waals surface area contributed by atoms with Crippen molar-refractivity contribution in [1.82, 2.24) is 36.2 Å². The quantitative estimate of drug-likeness (QED) is 0.284. The van der Waals surface area contributed by atoms with Gasteiger partial charge in [0.1, 0.15) is 18.0 Å². The van der Waals surface area contributed by atoms with E-state index in [0.29, 0.717) is 23.5 Å². The largest absolute Gasteiger partial charge is 0.508 e. The molecule has 0 aliphatic heterocycles. The molecule has 3 rings (SSSR count). The maximum Gasteiger partial charge on any atom is 0.292 e. The number of carbonyl (C=O) groups is 1. The Kier molecular flexibility index (Phi) is 6.27. The summed E-state index contributed by atoms with van der Waals surface area (Å²) in [5, 5.41) is 24.7. The highest BCUT2D eigenvalue weighted by atomic mass is 16.6. The number of phenolic OH excluding ortho intramolecular Hbond substituents is 1. The maximum atomic E-state index is 12.8. The van der Waals surface area contributed by atoms with Crippen LogP contribution in [0.4, 0.5) is 5.82 Å². The zero-order chi connectivity index (χ0) is 21.7. The number of carbonyl (C=O) groups excluding carboxylic acids is 1. The molecule has 0 radical (unpaired) electrons. The monoisotopic (exact) mass is 414 g/mol. The van der Waals surface area contributed by atoms with Gasteiger partial charge in [0.05, 0.1) is 18.8 Å². The zero-order valence-electron chi connectivity index (χ0n) is 16.7. The first-order chi connectivity index (χ1) is 14.4. The zero-order valence-corrected chi connectivity index (χ0v) is 16.7. The molecule has 12 nitrogen and oxygen atoms in total. The van der Waals surface area contributed by atoms with E-state index >= 15 is 0 Å². The van der Waals surface area contributed by atoms with Crippen LogP contribution in [0.3, 0.4) is 0 Å². The number of amides is 1. The van der Waals surface area contributed by atoms with E-state index in [-0.39, 0.29) is 23.1 Å². The van der Waals surface area contributed by atoms with Crippen molar-refractivity contribution in [3.05, 3.63) is 47.8 Å². The van der Waals surface area contributed by atoms with Gasteiger partial charge in [-0.25, -0.2) is 4.63 Å². The van der Waals surface area contributed by atoms with Crippen molar-refractivity contribution in [2.24, 2.45) is 0 Å². The van der Waals surface area contributed by atoms with Crippen LogP contribution in [0.2, 0.25) is 0 Å². The number of nitrogens with two attached hydrogens (primary N) is 1. The third-order valence-electron chi connectivity index (χ3n) is 4.63. The number of nitrogens with zero attached hydrogens (tertiary/aromatic N) is 5. The van der Waals surface area contributed by atoms with Crippen LogP contribution in [-0.4, -0.2) is 49.4 Å². The average Bonchev–Trinajstić information content (AvgIpc) is 3.35. The number of aromatic nitrogens is 5. The number of aromatic hydroxyl groups is 1.